The van der Waals surface area contributed by atoms with E-state index in [1.807, 2.05) is 32.0 Å². The third kappa shape index (κ3) is 5.55. The Balaban J connectivity index is 1.49. The first-order valence-corrected chi connectivity index (χ1v) is 14.3. The van der Waals surface area contributed by atoms with E-state index in [-0.39, 0.29) is 23.0 Å². The summed E-state index contributed by atoms with van der Waals surface area (Å²) < 4.78 is 29.3. The summed E-state index contributed by atoms with van der Waals surface area (Å²) in [6, 6.07) is 20.1. The first-order chi connectivity index (χ1) is 18.2. The average Bonchev–Trinajstić information content (AvgIpc) is 3.30. The fraction of sp³-hybridized carbons (Fsp3) is 0.107. The van der Waals surface area contributed by atoms with Gasteiger partial charge in [-0.25, -0.2) is 13.4 Å². The number of fused-ring (bicyclic) bond motifs is 1. The number of amides is 1. The molecule has 0 saturated heterocycles. The summed E-state index contributed by atoms with van der Waals surface area (Å²) >= 11 is 7.33. The molecule has 0 saturated carbocycles. The molecule has 0 bridgehead atoms. The lowest BCUT2D eigenvalue weighted by molar-refractivity contribution is 0.0985. The molecule has 192 valence electrons. The van der Waals surface area contributed by atoms with Gasteiger partial charge in [-0.3, -0.25) is 19.4 Å². The Morgan fingerprint density at radius 3 is 2.50 bits per heavy atom. The monoisotopic (exact) mass is 562 g/mol. The summed E-state index contributed by atoms with van der Waals surface area (Å²) in [6.07, 6.45) is 3.38. The van der Waals surface area contributed by atoms with Crippen LogP contribution in [-0.2, 0) is 16.6 Å². The molecule has 0 aliphatic rings. The quantitative estimate of drug-likeness (QED) is 0.241. The molecule has 0 atom stereocenters. The number of rotatable bonds is 7. The Morgan fingerprint density at radius 2 is 1.76 bits per heavy atom. The number of carbonyl (C=O) groups excluding carboxylic acids is 1. The maximum Gasteiger partial charge on any atom is 0.261 e. The van der Waals surface area contributed by atoms with Gasteiger partial charge in [0.25, 0.3) is 15.9 Å². The first kappa shape index (κ1) is 25.8. The normalized spacial score (nSPS) is 11.4. The van der Waals surface area contributed by atoms with Crippen molar-refractivity contribution >= 4 is 59.9 Å². The number of nitrogens with one attached hydrogen (secondary N) is 1. The molecule has 0 aliphatic heterocycles. The van der Waals surface area contributed by atoms with E-state index in [1.54, 1.807) is 35.5 Å². The minimum Gasteiger partial charge on any atom is -0.280 e. The van der Waals surface area contributed by atoms with Crippen molar-refractivity contribution in [2.24, 2.45) is 0 Å². The van der Waals surface area contributed by atoms with Crippen LogP contribution in [0, 0.1) is 13.8 Å². The number of thiazole rings is 1. The van der Waals surface area contributed by atoms with Gasteiger partial charge in [0.05, 0.1) is 21.7 Å². The Morgan fingerprint density at radius 1 is 1.00 bits per heavy atom. The number of carbonyl (C=O) groups is 1. The molecule has 3 aromatic carbocycles. The number of aromatic nitrogens is 2. The zero-order valence-electron chi connectivity index (χ0n) is 20.6. The van der Waals surface area contributed by atoms with Crippen LogP contribution in [0.25, 0.3) is 10.2 Å². The SMILES string of the molecule is Cc1cc2nc(N(Cc3cccnc3)C(=O)c3cccc(NS(=O)(=O)c4ccc(Cl)cc4)c3)sc2cc1C. The predicted octanol–water partition coefficient (Wildman–Crippen LogP) is 6.61. The summed E-state index contributed by atoms with van der Waals surface area (Å²) in [4.78, 5) is 24.5. The second-order valence-corrected chi connectivity index (χ2v) is 11.9. The maximum absolute atomic E-state index is 13.9. The smallest absolute Gasteiger partial charge is 0.261 e. The number of hydrogen-bond acceptors (Lipinski definition) is 6. The highest BCUT2D eigenvalue weighted by molar-refractivity contribution is 7.92. The summed E-state index contributed by atoms with van der Waals surface area (Å²) in [6.45, 7) is 4.33. The van der Waals surface area contributed by atoms with Crippen LogP contribution in [0.1, 0.15) is 27.0 Å². The van der Waals surface area contributed by atoms with Gasteiger partial charge < -0.3 is 0 Å². The van der Waals surface area contributed by atoms with Gasteiger partial charge in [0.2, 0.25) is 0 Å². The van der Waals surface area contributed by atoms with E-state index in [0.29, 0.717) is 15.7 Å². The highest BCUT2D eigenvalue weighted by Gasteiger charge is 2.23. The molecule has 0 radical (unpaired) electrons. The molecule has 0 fully saturated rings. The minimum atomic E-state index is -3.87. The number of pyridine rings is 1. The number of benzene rings is 3. The van der Waals surface area contributed by atoms with Crippen LogP contribution in [0.2, 0.25) is 5.02 Å². The van der Waals surface area contributed by atoms with Gasteiger partial charge in [0.15, 0.2) is 5.13 Å². The fourth-order valence-corrected chi connectivity index (χ4v) is 6.10. The summed E-state index contributed by atoms with van der Waals surface area (Å²) in [5, 5.41) is 0.983. The van der Waals surface area contributed by atoms with Gasteiger partial charge >= 0.3 is 0 Å². The fourth-order valence-electron chi connectivity index (χ4n) is 3.88. The number of halogens is 1. The molecule has 5 rings (SSSR count). The Labute approximate surface area is 229 Å². The zero-order chi connectivity index (χ0) is 26.9. The van der Waals surface area contributed by atoms with Gasteiger partial charge in [-0.2, -0.15) is 0 Å². The van der Waals surface area contributed by atoms with E-state index in [4.69, 9.17) is 16.6 Å². The van der Waals surface area contributed by atoms with E-state index >= 15 is 0 Å². The number of hydrogen-bond donors (Lipinski definition) is 1. The van der Waals surface area contributed by atoms with Crippen molar-refractivity contribution in [1.29, 1.82) is 0 Å². The zero-order valence-corrected chi connectivity index (χ0v) is 22.9. The summed E-state index contributed by atoms with van der Waals surface area (Å²) in [7, 11) is -3.87. The van der Waals surface area contributed by atoms with E-state index < -0.39 is 10.0 Å². The average molecular weight is 563 g/mol. The van der Waals surface area contributed by atoms with Crippen LogP contribution >= 0.6 is 22.9 Å². The van der Waals surface area contributed by atoms with Crippen LogP contribution < -0.4 is 9.62 Å². The molecule has 0 spiro atoms. The lowest BCUT2D eigenvalue weighted by atomic mass is 10.1. The Bertz CT molecular complexity index is 1700. The second kappa shape index (κ2) is 10.5. The van der Waals surface area contributed by atoms with E-state index in [2.05, 4.69) is 15.8 Å². The Hall–Kier alpha value is -3.79. The summed E-state index contributed by atoms with van der Waals surface area (Å²) in [5.41, 5.74) is 4.52. The van der Waals surface area contributed by atoms with Crippen LogP contribution in [0.15, 0.2) is 90.1 Å². The molecule has 10 heteroatoms. The van der Waals surface area contributed by atoms with Crippen molar-refractivity contribution in [3.8, 4) is 0 Å². The van der Waals surface area contributed by atoms with Gasteiger partial charge in [0, 0.05) is 28.7 Å². The molecule has 1 amide bonds. The molecule has 0 unspecified atom stereocenters. The van der Waals surface area contributed by atoms with Gasteiger partial charge in [-0.15, -0.1) is 0 Å². The van der Waals surface area contributed by atoms with Gasteiger partial charge in [-0.05, 0) is 91.2 Å². The molecule has 38 heavy (non-hydrogen) atoms. The molecule has 2 heterocycles. The molecule has 2 aromatic heterocycles. The maximum atomic E-state index is 13.9. The van der Waals surface area contributed by atoms with Crippen molar-refractivity contribution in [3.05, 3.63) is 112 Å². The molecule has 1 N–H and O–H groups in total. The van der Waals surface area contributed by atoms with E-state index in [0.717, 1.165) is 26.9 Å². The van der Waals surface area contributed by atoms with Crippen LogP contribution in [0.5, 0.6) is 0 Å². The summed E-state index contributed by atoms with van der Waals surface area (Å²) in [5.74, 6) is -0.311. The number of sulfonamides is 1. The van der Waals surface area contributed by atoms with Crippen molar-refractivity contribution < 1.29 is 13.2 Å². The third-order valence-electron chi connectivity index (χ3n) is 6.02. The topological polar surface area (TPSA) is 92.3 Å². The first-order valence-electron chi connectivity index (χ1n) is 11.7. The number of nitrogens with zero attached hydrogens (tertiary/aromatic N) is 3. The standard InChI is InChI=1S/C28H23ClN4O3S2/c1-18-13-25-26(14-19(18)2)37-28(31-25)33(17-20-5-4-12-30-16-20)27(34)21-6-3-7-23(15-21)32-38(35,36)24-10-8-22(29)9-11-24/h3-16,32H,17H2,1-2H3. The highest BCUT2D eigenvalue weighted by Crippen LogP contribution is 2.33. The van der Waals surface area contributed by atoms with E-state index in [1.165, 1.54) is 41.7 Å². The lowest BCUT2D eigenvalue weighted by Crippen LogP contribution is -2.30. The van der Waals surface area contributed by atoms with Gasteiger partial charge in [0.1, 0.15) is 0 Å². The highest BCUT2D eigenvalue weighted by atomic mass is 35.5. The van der Waals surface area contributed by atoms with Crippen molar-refractivity contribution in [1.82, 2.24) is 9.97 Å². The predicted molar refractivity (Wildman–Crippen MR) is 153 cm³/mol. The lowest BCUT2D eigenvalue weighted by Gasteiger charge is -2.20. The number of anilines is 2. The van der Waals surface area contributed by atoms with Crippen molar-refractivity contribution in [2.45, 2.75) is 25.3 Å². The van der Waals surface area contributed by atoms with E-state index in [9.17, 15) is 13.2 Å². The van der Waals surface area contributed by atoms with Crippen LogP contribution in [0.4, 0.5) is 10.8 Å². The van der Waals surface area contributed by atoms with Crippen molar-refractivity contribution in [2.75, 3.05) is 9.62 Å². The Kier molecular flexibility index (Phi) is 7.16. The second-order valence-electron chi connectivity index (χ2n) is 8.79. The molecular formula is C28H23ClN4O3S2. The molecule has 0 aliphatic carbocycles. The van der Waals surface area contributed by atoms with Gasteiger partial charge in [-0.1, -0.05) is 35.1 Å². The third-order valence-corrected chi connectivity index (χ3v) is 8.71. The van der Waals surface area contributed by atoms with Crippen molar-refractivity contribution in [3.63, 3.8) is 0 Å². The largest absolute Gasteiger partial charge is 0.280 e. The number of aryl methyl sites for hydroxylation is 2. The molecule has 5 aromatic rings. The molecule has 7 nitrogen and oxygen atoms in total. The minimum absolute atomic E-state index is 0.0666. The van der Waals surface area contributed by atoms with Crippen LogP contribution in [0.3, 0.4) is 0 Å². The van der Waals surface area contributed by atoms with Crippen LogP contribution in [-0.4, -0.2) is 24.3 Å². The molecular weight excluding hydrogens is 540 g/mol.